The highest BCUT2D eigenvalue weighted by atomic mass is 35.5. The predicted octanol–water partition coefficient (Wildman–Crippen LogP) is 1.49. The number of halogens is 1. The van der Waals surface area contributed by atoms with Crippen molar-refractivity contribution in [3.63, 3.8) is 0 Å². The SMILES string of the molecule is CC(C)(CN)Cn1cc(Cl)ccc1=O. The summed E-state index contributed by atoms with van der Waals surface area (Å²) < 4.78 is 1.59. The second-order valence-corrected chi connectivity index (χ2v) is 4.62. The summed E-state index contributed by atoms with van der Waals surface area (Å²) in [5.74, 6) is 0. The summed E-state index contributed by atoms with van der Waals surface area (Å²) in [6.07, 6.45) is 1.64. The summed E-state index contributed by atoms with van der Waals surface area (Å²) in [6, 6.07) is 3.06. The average molecular weight is 215 g/mol. The molecule has 0 aliphatic heterocycles. The van der Waals surface area contributed by atoms with Crippen molar-refractivity contribution in [2.24, 2.45) is 11.1 Å². The number of hydrogen-bond donors (Lipinski definition) is 1. The van der Waals surface area contributed by atoms with Gasteiger partial charge < -0.3 is 10.3 Å². The molecule has 0 aliphatic carbocycles. The highest BCUT2D eigenvalue weighted by Gasteiger charge is 2.16. The minimum absolute atomic E-state index is 0.0454. The molecule has 14 heavy (non-hydrogen) atoms. The van der Waals surface area contributed by atoms with Crippen molar-refractivity contribution in [2.45, 2.75) is 20.4 Å². The normalized spacial score (nSPS) is 11.7. The van der Waals surface area contributed by atoms with Crippen molar-refractivity contribution in [1.82, 2.24) is 4.57 Å². The van der Waals surface area contributed by atoms with Crippen molar-refractivity contribution in [3.8, 4) is 0 Å². The third-order valence-corrected chi connectivity index (χ3v) is 2.32. The van der Waals surface area contributed by atoms with Gasteiger partial charge in [-0.25, -0.2) is 0 Å². The van der Waals surface area contributed by atoms with E-state index in [4.69, 9.17) is 17.3 Å². The highest BCUT2D eigenvalue weighted by Crippen LogP contribution is 2.15. The first-order valence-electron chi connectivity index (χ1n) is 4.51. The molecule has 4 heteroatoms. The van der Waals surface area contributed by atoms with Crippen LogP contribution in [0, 0.1) is 5.41 Å². The van der Waals surface area contributed by atoms with Gasteiger partial charge in [-0.15, -0.1) is 0 Å². The maximum absolute atomic E-state index is 11.4. The van der Waals surface area contributed by atoms with Crippen LogP contribution in [-0.2, 0) is 6.54 Å². The zero-order valence-electron chi connectivity index (χ0n) is 8.46. The number of nitrogens with zero attached hydrogens (tertiary/aromatic N) is 1. The largest absolute Gasteiger partial charge is 0.330 e. The molecule has 1 aromatic heterocycles. The quantitative estimate of drug-likeness (QED) is 0.829. The third-order valence-electron chi connectivity index (χ3n) is 2.10. The number of hydrogen-bond acceptors (Lipinski definition) is 2. The van der Waals surface area contributed by atoms with Crippen molar-refractivity contribution >= 4 is 11.6 Å². The van der Waals surface area contributed by atoms with Crippen LogP contribution in [0.1, 0.15) is 13.8 Å². The van der Waals surface area contributed by atoms with Crippen LogP contribution in [0.25, 0.3) is 0 Å². The minimum Gasteiger partial charge on any atom is -0.330 e. The first kappa shape index (κ1) is 11.3. The second-order valence-electron chi connectivity index (χ2n) is 4.18. The zero-order valence-corrected chi connectivity index (χ0v) is 9.21. The van der Waals surface area contributed by atoms with E-state index in [2.05, 4.69) is 0 Å². The summed E-state index contributed by atoms with van der Waals surface area (Å²) in [5.41, 5.74) is 5.46. The molecule has 1 rings (SSSR count). The molecule has 0 saturated heterocycles. The van der Waals surface area contributed by atoms with Gasteiger partial charge in [0.05, 0.1) is 5.02 Å². The lowest BCUT2D eigenvalue weighted by Gasteiger charge is -2.23. The molecule has 3 nitrogen and oxygen atoms in total. The molecule has 0 unspecified atom stereocenters. The van der Waals surface area contributed by atoms with Crippen LogP contribution in [-0.4, -0.2) is 11.1 Å². The molecule has 0 amide bonds. The lowest BCUT2D eigenvalue weighted by atomic mass is 9.94. The Balaban J connectivity index is 2.97. The maximum Gasteiger partial charge on any atom is 0.250 e. The highest BCUT2D eigenvalue weighted by molar-refractivity contribution is 6.30. The van der Waals surface area contributed by atoms with Crippen molar-refractivity contribution in [3.05, 3.63) is 33.7 Å². The van der Waals surface area contributed by atoms with Gasteiger partial charge in [0.1, 0.15) is 0 Å². The van der Waals surface area contributed by atoms with Gasteiger partial charge in [-0.1, -0.05) is 25.4 Å². The Morgan fingerprint density at radius 2 is 2.14 bits per heavy atom. The van der Waals surface area contributed by atoms with Crippen LogP contribution in [0.3, 0.4) is 0 Å². The number of aromatic nitrogens is 1. The van der Waals surface area contributed by atoms with E-state index in [1.807, 2.05) is 13.8 Å². The van der Waals surface area contributed by atoms with Gasteiger partial charge in [0.25, 0.3) is 5.56 Å². The van der Waals surface area contributed by atoms with Gasteiger partial charge in [-0.3, -0.25) is 4.79 Å². The van der Waals surface area contributed by atoms with Crippen LogP contribution in [0.5, 0.6) is 0 Å². The van der Waals surface area contributed by atoms with Crippen molar-refractivity contribution < 1.29 is 0 Å². The summed E-state index contributed by atoms with van der Waals surface area (Å²) in [7, 11) is 0. The maximum atomic E-state index is 11.4. The van der Waals surface area contributed by atoms with Gasteiger partial charge in [0.2, 0.25) is 0 Å². The molecular weight excluding hydrogens is 200 g/mol. The van der Waals surface area contributed by atoms with Gasteiger partial charge in [0.15, 0.2) is 0 Å². The van der Waals surface area contributed by atoms with Crippen LogP contribution in [0.15, 0.2) is 23.1 Å². The summed E-state index contributed by atoms with van der Waals surface area (Å²) in [4.78, 5) is 11.4. The Hall–Kier alpha value is -0.800. The topological polar surface area (TPSA) is 48.0 Å². The molecule has 0 spiro atoms. The Bertz CT molecular complexity index is 371. The molecule has 0 atom stereocenters. The third kappa shape index (κ3) is 2.86. The van der Waals surface area contributed by atoms with E-state index in [0.717, 1.165) is 0 Å². The van der Waals surface area contributed by atoms with E-state index in [9.17, 15) is 4.79 Å². The molecule has 1 aromatic rings. The lowest BCUT2D eigenvalue weighted by molar-refractivity contribution is 0.313. The summed E-state index contributed by atoms with van der Waals surface area (Å²) in [5, 5.41) is 0.567. The summed E-state index contributed by atoms with van der Waals surface area (Å²) in [6.45, 7) is 5.15. The van der Waals surface area contributed by atoms with Crippen LogP contribution < -0.4 is 11.3 Å². The van der Waals surface area contributed by atoms with Crippen LogP contribution in [0.4, 0.5) is 0 Å². The van der Waals surface area contributed by atoms with Gasteiger partial charge in [-0.2, -0.15) is 0 Å². The Kier molecular flexibility index (Phi) is 3.34. The van der Waals surface area contributed by atoms with E-state index in [-0.39, 0.29) is 11.0 Å². The number of pyridine rings is 1. The zero-order chi connectivity index (χ0) is 10.8. The monoisotopic (exact) mass is 214 g/mol. The number of nitrogens with two attached hydrogens (primary N) is 1. The Labute approximate surface area is 88.5 Å². The van der Waals surface area contributed by atoms with Crippen LogP contribution in [0.2, 0.25) is 5.02 Å². The first-order chi connectivity index (χ1) is 6.44. The average Bonchev–Trinajstić information content (AvgIpc) is 2.11. The van der Waals surface area contributed by atoms with E-state index < -0.39 is 0 Å². The molecule has 2 N–H and O–H groups in total. The molecule has 0 saturated carbocycles. The fraction of sp³-hybridized carbons (Fsp3) is 0.500. The van der Waals surface area contributed by atoms with E-state index in [1.54, 1.807) is 16.8 Å². The van der Waals surface area contributed by atoms with E-state index in [1.165, 1.54) is 6.07 Å². The summed E-state index contributed by atoms with van der Waals surface area (Å²) >= 11 is 5.80. The predicted molar refractivity (Wildman–Crippen MR) is 58.5 cm³/mol. The smallest absolute Gasteiger partial charge is 0.250 e. The fourth-order valence-electron chi connectivity index (χ4n) is 1.15. The van der Waals surface area contributed by atoms with E-state index in [0.29, 0.717) is 18.1 Å². The molecule has 0 bridgehead atoms. The number of rotatable bonds is 3. The molecule has 1 heterocycles. The minimum atomic E-state index is -0.0888. The van der Waals surface area contributed by atoms with Gasteiger partial charge in [-0.05, 0) is 18.0 Å². The van der Waals surface area contributed by atoms with Gasteiger partial charge >= 0.3 is 0 Å². The van der Waals surface area contributed by atoms with E-state index >= 15 is 0 Å². The molecule has 0 aliphatic rings. The molecular formula is C10H15ClN2O. The Morgan fingerprint density at radius 1 is 1.50 bits per heavy atom. The molecule has 0 aromatic carbocycles. The Morgan fingerprint density at radius 3 is 2.71 bits per heavy atom. The van der Waals surface area contributed by atoms with Crippen molar-refractivity contribution in [2.75, 3.05) is 6.54 Å². The molecule has 78 valence electrons. The second kappa shape index (κ2) is 4.15. The standard InChI is InChI=1S/C10H15ClN2O/c1-10(2,6-12)7-13-5-8(11)3-4-9(13)14/h3-5H,6-7,12H2,1-2H3. The van der Waals surface area contributed by atoms with Crippen LogP contribution >= 0.6 is 11.6 Å². The van der Waals surface area contributed by atoms with Crippen molar-refractivity contribution in [1.29, 1.82) is 0 Å². The van der Waals surface area contributed by atoms with Gasteiger partial charge in [0, 0.05) is 18.8 Å². The first-order valence-corrected chi connectivity index (χ1v) is 4.88. The molecule has 0 fully saturated rings. The fourth-order valence-corrected chi connectivity index (χ4v) is 1.33. The molecule has 0 radical (unpaired) electrons. The lowest BCUT2D eigenvalue weighted by Crippen LogP contribution is -2.33.